The third kappa shape index (κ3) is 4.01. The number of H-pyrrole nitrogens is 1. The highest BCUT2D eigenvalue weighted by atomic mass is 16.5. The molecule has 1 amide bonds. The van der Waals surface area contributed by atoms with Crippen LogP contribution >= 0.6 is 0 Å². The molecule has 2 aromatic heterocycles. The summed E-state index contributed by atoms with van der Waals surface area (Å²) in [5.74, 6) is 0.485. The summed E-state index contributed by atoms with van der Waals surface area (Å²) in [6.07, 6.45) is 3.98. The molecule has 3 heterocycles. The monoisotopic (exact) mass is 430 g/mol. The highest BCUT2D eigenvalue weighted by Gasteiger charge is 2.24. The van der Waals surface area contributed by atoms with Crippen LogP contribution in [0.1, 0.15) is 30.1 Å². The molecule has 1 saturated heterocycles. The fourth-order valence-electron chi connectivity index (χ4n) is 4.27. The number of aromatic nitrogens is 5. The summed E-state index contributed by atoms with van der Waals surface area (Å²) < 4.78 is 7.26. The average molecular weight is 431 g/mol. The highest BCUT2D eigenvalue weighted by Crippen LogP contribution is 2.25. The largest absolute Gasteiger partial charge is 0.381 e. The van der Waals surface area contributed by atoms with Crippen LogP contribution in [0.5, 0.6) is 0 Å². The maximum absolute atomic E-state index is 13.0. The van der Waals surface area contributed by atoms with E-state index in [0.717, 1.165) is 54.8 Å². The summed E-state index contributed by atoms with van der Waals surface area (Å²) >= 11 is 0. The van der Waals surface area contributed by atoms with Gasteiger partial charge in [0.15, 0.2) is 0 Å². The summed E-state index contributed by atoms with van der Waals surface area (Å²) in [4.78, 5) is 14.9. The van der Waals surface area contributed by atoms with Crippen molar-refractivity contribution in [2.45, 2.75) is 19.8 Å². The molecule has 1 fully saturated rings. The number of carbonyl (C=O) groups is 1. The lowest BCUT2D eigenvalue weighted by Gasteiger charge is -2.32. The normalized spacial score (nSPS) is 16.5. The molecule has 1 aliphatic rings. The van der Waals surface area contributed by atoms with Crippen molar-refractivity contribution in [3.63, 3.8) is 0 Å². The predicted molar refractivity (Wildman–Crippen MR) is 122 cm³/mol. The first-order valence-corrected chi connectivity index (χ1v) is 11.1. The molecule has 0 bridgehead atoms. The molecule has 1 atom stereocenters. The van der Waals surface area contributed by atoms with Crippen LogP contribution in [-0.2, 0) is 4.74 Å². The van der Waals surface area contributed by atoms with Crippen molar-refractivity contribution in [2.24, 2.45) is 5.92 Å². The number of rotatable bonds is 6. The zero-order valence-corrected chi connectivity index (χ0v) is 18.1. The van der Waals surface area contributed by atoms with Crippen LogP contribution in [0.15, 0.2) is 54.7 Å². The van der Waals surface area contributed by atoms with E-state index in [-0.39, 0.29) is 5.91 Å². The van der Waals surface area contributed by atoms with Gasteiger partial charge < -0.3 is 9.64 Å². The van der Waals surface area contributed by atoms with Gasteiger partial charge in [-0.15, -0.1) is 5.10 Å². The lowest BCUT2D eigenvalue weighted by Crippen LogP contribution is -2.41. The fourth-order valence-corrected chi connectivity index (χ4v) is 4.27. The molecule has 5 rings (SSSR count). The Kier molecular flexibility index (Phi) is 5.68. The summed E-state index contributed by atoms with van der Waals surface area (Å²) in [6.45, 7) is 4.99. The van der Waals surface area contributed by atoms with E-state index in [2.05, 4.69) is 20.5 Å². The number of piperidine rings is 1. The van der Waals surface area contributed by atoms with Gasteiger partial charge in [0.05, 0.1) is 24.0 Å². The van der Waals surface area contributed by atoms with E-state index in [9.17, 15) is 4.79 Å². The first kappa shape index (κ1) is 20.4. The second-order valence-corrected chi connectivity index (χ2v) is 8.13. The molecule has 1 N–H and O–H groups in total. The number of ether oxygens (including phenoxy) is 1. The Labute approximate surface area is 186 Å². The van der Waals surface area contributed by atoms with Crippen LogP contribution in [-0.4, -0.2) is 62.3 Å². The Balaban J connectivity index is 1.30. The van der Waals surface area contributed by atoms with Gasteiger partial charge >= 0.3 is 0 Å². The summed E-state index contributed by atoms with van der Waals surface area (Å²) in [5, 5.41) is 17.0. The zero-order chi connectivity index (χ0) is 21.9. The minimum Gasteiger partial charge on any atom is -0.381 e. The molecule has 32 heavy (non-hydrogen) atoms. The summed E-state index contributed by atoms with van der Waals surface area (Å²) in [6, 6.07) is 15.4. The topological polar surface area (TPSA) is 88.9 Å². The van der Waals surface area contributed by atoms with Gasteiger partial charge in [-0.1, -0.05) is 23.4 Å². The van der Waals surface area contributed by atoms with E-state index in [1.54, 1.807) is 4.68 Å². The van der Waals surface area contributed by atoms with Crippen LogP contribution in [0, 0.1) is 5.92 Å². The van der Waals surface area contributed by atoms with Crippen LogP contribution in [0.3, 0.4) is 0 Å². The zero-order valence-electron chi connectivity index (χ0n) is 18.1. The Morgan fingerprint density at radius 2 is 2.03 bits per heavy atom. The smallest absolute Gasteiger partial charge is 0.253 e. The third-order valence-corrected chi connectivity index (χ3v) is 5.95. The van der Waals surface area contributed by atoms with E-state index < -0.39 is 0 Å². The van der Waals surface area contributed by atoms with Crippen molar-refractivity contribution in [2.75, 3.05) is 26.3 Å². The number of nitrogens with zero attached hydrogens (tertiary/aromatic N) is 5. The van der Waals surface area contributed by atoms with Gasteiger partial charge in [-0.3, -0.25) is 9.89 Å². The highest BCUT2D eigenvalue weighted by molar-refractivity contribution is 5.94. The van der Waals surface area contributed by atoms with Crippen LogP contribution < -0.4 is 0 Å². The van der Waals surface area contributed by atoms with E-state index in [4.69, 9.17) is 4.74 Å². The Bertz CT molecular complexity index is 1210. The van der Waals surface area contributed by atoms with Gasteiger partial charge in [-0.25, -0.2) is 4.68 Å². The van der Waals surface area contributed by atoms with Crippen LogP contribution in [0.25, 0.3) is 28.0 Å². The number of hydrogen-bond donors (Lipinski definition) is 1. The molecular weight excluding hydrogens is 404 g/mol. The van der Waals surface area contributed by atoms with E-state index in [1.165, 1.54) is 0 Å². The standard InChI is InChI=1S/C24H26N6O2/c1-2-32-16-17-6-5-13-29(14-17)24(31)18-9-11-19(12-10-18)30-15-22(26-28-30)23-20-7-3-4-8-21(20)25-27-23/h3-4,7-12,15,17H,2,5-6,13-14,16H2,1H3,(H,25,27). The van der Waals surface area contributed by atoms with Crippen molar-refractivity contribution in [1.82, 2.24) is 30.1 Å². The molecule has 8 nitrogen and oxygen atoms in total. The maximum atomic E-state index is 13.0. The van der Waals surface area contributed by atoms with Gasteiger partial charge in [0.25, 0.3) is 5.91 Å². The van der Waals surface area contributed by atoms with Gasteiger partial charge in [-0.05, 0) is 56.0 Å². The minimum atomic E-state index is 0.0695. The van der Waals surface area contributed by atoms with E-state index in [1.807, 2.05) is 66.6 Å². The van der Waals surface area contributed by atoms with Crippen molar-refractivity contribution >= 4 is 16.8 Å². The van der Waals surface area contributed by atoms with Gasteiger partial charge in [0.2, 0.25) is 0 Å². The predicted octanol–water partition coefficient (Wildman–Crippen LogP) is 3.70. The van der Waals surface area contributed by atoms with Crippen molar-refractivity contribution < 1.29 is 9.53 Å². The molecule has 1 unspecified atom stereocenters. The second kappa shape index (κ2) is 8.92. The van der Waals surface area contributed by atoms with E-state index >= 15 is 0 Å². The molecule has 8 heteroatoms. The minimum absolute atomic E-state index is 0.0695. The SMILES string of the molecule is CCOCC1CCCN(C(=O)c2ccc(-n3cc(-c4n[nH]c5ccccc45)nn3)cc2)C1. The Hall–Kier alpha value is -3.52. The van der Waals surface area contributed by atoms with E-state index in [0.29, 0.717) is 23.8 Å². The number of para-hydroxylation sites is 1. The molecule has 2 aromatic carbocycles. The second-order valence-electron chi connectivity index (χ2n) is 8.13. The molecule has 0 spiro atoms. The number of fused-ring (bicyclic) bond motifs is 1. The third-order valence-electron chi connectivity index (χ3n) is 5.95. The maximum Gasteiger partial charge on any atom is 0.253 e. The number of amides is 1. The number of nitrogens with one attached hydrogen (secondary N) is 1. The van der Waals surface area contributed by atoms with Crippen molar-refractivity contribution in [3.05, 3.63) is 60.3 Å². The number of hydrogen-bond acceptors (Lipinski definition) is 5. The van der Waals surface area contributed by atoms with Crippen LogP contribution in [0.2, 0.25) is 0 Å². The van der Waals surface area contributed by atoms with Crippen molar-refractivity contribution in [1.29, 1.82) is 0 Å². The average Bonchev–Trinajstić information content (AvgIpc) is 3.50. The molecule has 0 aliphatic carbocycles. The molecule has 4 aromatic rings. The summed E-state index contributed by atoms with van der Waals surface area (Å²) in [7, 11) is 0. The number of aromatic amines is 1. The fraction of sp³-hybridized carbons (Fsp3) is 0.333. The first-order valence-electron chi connectivity index (χ1n) is 11.1. The molecule has 1 aliphatic heterocycles. The number of carbonyl (C=O) groups excluding carboxylic acids is 1. The number of likely N-dealkylation sites (tertiary alicyclic amines) is 1. The molecular formula is C24H26N6O2. The number of benzene rings is 2. The van der Waals surface area contributed by atoms with Gasteiger partial charge in [-0.2, -0.15) is 5.10 Å². The van der Waals surface area contributed by atoms with Crippen molar-refractivity contribution in [3.8, 4) is 17.1 Å². The van der Waals surface area contributed by atoms with Gasteiger partial charge in [0.1, 0.15) is 11.4 Å². The Morgan fingerprint density at radius 3 is 2.88 bits per heavy atom. The summed E-state index contributed by atoms with van der Waals surface area (Å²) in [5.41, 5.74) is 3.94. The Morgan fingerprint density at radius 1 is 1.19 bits per heavy atom. The van der Waals surface area contributed by atoms with Crippen LogP contribution in [0.4, 0.5) is 0 Å². The quantitative estimate of drug-likeness (QED) is 0.504. The molecule has 0 saturated carbocycles. The molecule has 164 valence electrons. The molecule has 0 radical (unpaired) electrons. The first-order chi connectivity index (χ1) is 15.7. The van der Waals surface area contributed by atoms with Gasteiger partial charge in [0, 0.05) is 30.6 Å². The lowest BCUT2D eigenvalue weighted by atomic mass is 9.98. The lowest BCUT2D eigenvalue weighted by molar-refractivity contribution is 0.0501.